The Bertz CT molecular complexity index is 1190. The first-order valence-electron chi connectivity index (χ1n) is 10.2. The van der Waals surface area contributed by atoms with Crippen LogP contribution in [0, 0.1) is 0 Å². The van der Waals surface area contributed by atoms with Crippen molar-refractivity contribution in [3.05, 3.63) is 66.1 Å². The van der Waals surface area contributed by atoms with Gasteiger partial charge in [0.05, 0.1) is 24.9 Å². The number of aromatic amines is 1. The fourth-order valence-electron chi connectivity index (χ4n) is 3.96. The van der Waals surface area contributed by atoms with Crippen molar-refractivity contribution in [2.45, 2.75) is 6.54 Å². The maximum atomic E-state index is 13.0. The number of rotatable bonds is 5. The molecule has 1 aliphatic rings. The molecule has 1 amide bonds. The molecule has 5 rings (SSSR count). The zero-order valence-corrected chi connectivity index (χ0v) is 17.2. The lowest BCUT2D eigenvalue weighted by molar-refractivity contribution is 0.0626. The zero-order chi connectivity index (χ0) is 21.2. The Kier molecular flexibility index (Phi) is 5.09. The summed E-state index contributed by atoms with van der Waals surface area (Å²) in [6.45, 7) is 3.49. The second-order valence-electron chi connectivity index (χ2n) is 7.52. The zero-order valence-electron chi connectivity index (χ0n) is 17.2. The van der Waals surface area contributed by atoms with Gasteiger partial charge in [-0.1, -0.05) is 18.2 Å². The number of carbonyl (C=O) groups is 1. The number of H-pyrrole nitrogens is 1. The number of piperazine rings is 1. The number of ether oxygens (including phenoxy) is 1. The number of hydrogen-bond acceptors (Lipinski definition) is 6. The molecule has 0 unspecified atom stereocenters. The molecule has 0 saturated carbocycles. The number of hydrogen-bond donors (Lipinski definition) is 1. The minimum absolute atomic E-state index is 0.0696. The largest absolute Gasteiger partial charge is 0.497 e. The van der Waals surface area contributed by atoms with Gasteiger partial charge in [-0.05, 0) is 40.8 Å². The summed E-state index contributed by atoms with van der Waals surface area (Å²) < 4.78 is 6.95. The van der Waals surface area contributed by atoms with Crippen molar-refractivity contribution in [2.24, 2.45) is 0 Å². The number of carbonyl (C=O) groups excluding carboxylic acids is 1. The molecule has 9 heteroatoms. The maximum Gasteiger partial charge on any atom is 0.256 e. The molecule has 1 aliphatic heterocycles. The van der Waals surface area contributed by atoms with Crippen molar-refractivity contribution in [1.29, 1.82) is 0 Å². The van der Waals surface area contributed by atoms with E-state index in [1.807, 2.05) is 59.6 Å². The Labute approximate surface area is 179 Å². The van der Waals surface area contributed by atoms with E-state index < -0.39 is 0 Å². The van der Waals surface area contributed by atoms with Crippen LogP contribution in [-0.2, 0) is 6.54 Å². The van der Waals surface area contributed by atoms with E-state index in [4.69, 9.17) is 4.74 Å². The average molecular weight is 417 g/mol. The fourth-order valence-corrected chi connectivity index (χ4v) is 3.96. The molecule has 0 aliphatic carbocycles. The highest BCUT2D eigenvalue weighted by Crippen LogP contribution is 2.21. The van der Waals surface area contributed by atoms with Crippen molar-refractivity contribution >= 4 is 16.8 Å². The van der Waals surface area contributed by atoms with Gasteiger partial charge in [0.15, 0.2) is 5.82 Å². The second-order valence-corrected chi connectivity index (χ2v) is 7.52. The van der Waals surface area contributed by atoms with Crippen LogP contribution in [0.4, 0.5) is 0 Å². The van der Waals surface area contributed by atoms with E-state index in [0.29, 0.717) is 19.6 Å². The average Bonchev–Trinajstić information content (AvgIpc) is 3.46. The van der Waals surface area contributed by atoms with E-state index in [0.717, 1.165) is 46.8 Å². The smallest absolute Gasteiger partial charge is 0.256 e. The SMILES string of the molecule is COc1ccc(-n2nnnc2CN2CCN(C(=O)c3c[nH]c4ccccc34)CC2)cc1. The third kappa shape index (κ3) is 3.75. The standard InChI is InChI=1S/C22H23N7O2/c1-31-17-8-6-16(7-9-17)29-21(24-25-26-29)15-27-10-12-28(13-11-27)22(30)19-14-23-20-5-3-2-4-18(19)20/h2-9,14,23H,10-13,15H2,1H3. The van der Waals surface area contributed by atoms with E-state index in [2.05, 4.69) is 25.4 Å². The number of nitrogens with zero attached hydrogens (tertiary/aromatic N) is 6. The molecule has 1 fully saturated rings. The number of nitrogens with one attached hydrogen (secondary N) is 1. The Hall–Kier alpha value is -3.72. The van der Waals surface area contributed by atoms with Crippen LogP contribution in [0.2, 0.25) is 0 Å². The van der Waals surface area contributed by atoms with E-state index in [9.17, 15) is 4.79 Å². The third-order valence-corrected chi connectivity index (χ3v) is 5.70. The summed E-state index contributed by atoms with van der Waals surface area (Å²) in [6.07, 6.45) is 1.81. The Morgan fingerprint density at radius 2 is 1.84 bits per heavy atom. The third-order valence-electron chi connectivity index (χ3n) is 5.70. The summed E-state index contributed by atoms with van der Waals surface area (Å²) in [5, 5.41) is 13.2. The summed E-state index contributed by atoms with van der Waals surface area (Å²) in [5.74, 6) is 1.62. The van der Waals surface area contributed by atoms with Crippen molar-refractivity contribution in [1.82, 2.24) is 35.0 Å². The lowest BCUT2D eigenvalue weighted by Gasteiger charge is -2.34. The number of aromatic nitrogens is 5. The van der Waals surface area contributed by atoms with E-state index in [1.54, 1.807) is 11.8 Å². The molecule has 158 valence electrons. The molecule has 0 spiro atoms. The molecule has 0 radical (unpaired) electrons. The molecule has 9 nitrogen and oxygen atoms in total. The van der Waals surface area contributed by atoms with Gasteiger partial charge in [-0.25, -0.2) is 0 Å². The van der Waals surface area contributed by atoms with Gasteiger partial charge >= 0.3 is 0 Å². The first-order valence-corrected chi connectivity index (χ1v) is 10.2. The van der Waals surface area contributed by atoms with Crippen molar-refractivity contribution in [2.75, 3.05) is 33.3 Å². The molecule has 31 heavy (non-hydrogen) atoms. The summed E-state index contributed by atoms with van der Waals surface area (Å²) in [4.78, 5) is 20.4. The topological polar surface area (TPSA) is 92.2 Å². The lowest BCUT2D eigenvalue weighted by atomic mass is 10.1. The number of amides is 1. The van der Waals surface area contributed by atoms with E-state index in [-0.39, 0.29) is 5.91 Å². The highest BCUT2D eigenvalue weighted by atomic mass is 16.5. The minimum Gasteiger partial charge on any atom is -0.497 e. The van der Waals surface area contributed by atoms with Gasteiger partial charge in [-0.3, -0.25) is 9.69 Å². The highest BCUT2D eigenvalue weighted by molar-refractivity contribution is 6.06. The summed E-state index contributed by atoms with van der Waals surface area (Å²) >= 11 is 0. The molecular weight excluding hydrogens is 394 g/mol. The van der Waals surface area contributed by atoms with Crippen LogP contribution in [0.5, 0.6) is 5.75 Å². The Balaban J connectivity index is 1.24. The van der Waals surface area contributed by atoms with Crippen LogP contribution >= 0.6 is 0 Å². The van der Waals surface area contributed by atoms with Crippen molar-refractivity contribution in [3.63, 3.8) is 0 Å². The monoisotopic (exact) mass is 417 g/mol. The summed E-state index contributed by atoms with van der Waals surface area (Å²) in [6, 6.07) is 15.5. The Morgan fingerprint density at radius 3 is 2.61 bits per heavy atom. The van der Waals surface area contributed by atoms with Crippen molar-refractivity contribution in [3.8, 4) is 11.4 Å². The van der Waals surface area contributed by atoms with Gasteiger partial charge < -0.3 is 14.6 Å². The predicted octanol–water partition coefficient (Wildman–Crippen LogP) is 2.11. The number of para-hydroxylation sites is 1. The van der Waals surface area contributed by atoms with E-state index in [1.165, 1.54) is 0 Å². The van der Waals surface area contributed by atoms with Crippen LogP contribution in [-0.4, -0.2) is 74.2 Å². The first kappa shape index (κ1) is 19.3. The van der Waals surface area contributed by atoms with Gasteiger partial charge in [0.2, 0.25) is 0 Å². The van der Waals surface area contributed by atoms with Crippen molar-refractivity contribution < 1.29 is 9.53 Å². The van der Waals surface area contributed by atoms with Gasteiger partial charge in [0.1, 0.15) is 5.75 Å². The quantitative estimate of drug-likeness (QED) is 0.535. The highest BCUT2D eigenvalue weighted by Gasteiger charge is 2.25. The van der Waals surface area contributed by atoms with Gasteiger partial charge in [0.25, 0.3) is 5.91 Å². The normalized spacial score (nSPS) is 14.8. The molecule has 3 heterocycles. The lowest BCUT2D eigenvalue weighted by Crippen LogP contribution is -2.48. The number of tetrazole rings is 1. The molecule has 4 aromatic rings. The molecule has 2 aromatic heterocycles. The van der Waals surface area contributed by atoms with Crippen LogP contribution in [0.15, 0.2) is 54.7 Å². The summed E-state index contributed by atoms with van der Waals surface area (Å²) in [7, 11) is 1.64. The number of benzene rings is 2. The van der Waals surface area contributed by atoms with Gasteiger partial charge in [-0.15, -0.1) is 5.10 Å². The van der Waals surface area contributed by atoms with Crippen LogP contribution in [0.25, 0.3) is 16.6 Å². The number of methoxy groups -OCH3 is 1. The van der Waals surface area contributed by atoms with Crippen LogP contribution in [0.1, 0.15) is 16.2 Å². The van der Waals surface area contributed by atoms with E-state index >= 15 is 0 Å². The minimum atomic E-state index is 0.0696. The molecule has 2 aromatic carbocycles. The molecule has 0 bridgehead atoms. The van der Waals surface area contributed by atoms with Gasteiger partial charge in [-0.2, -0.15) is 4.68 Å². The summed E-state index contributed by atoms with van der Waals surface area (Å²) in [5.41, 5.74) is 2.59. The van der Waals surface area contributed by atoms with Crippen LogP contribution < -0.4 is 4.74 Å². The fraction of sp³-hybridized carbons (Fsp3) is 0.273. The molecule has 0 atom stereocenters. The van der Waals surface area contributed by atoms with Crippen LogP contribution in [0.3, 0.4) is 0 Å². The number of fused-ring (bicyclic) bond motifs is 1. The molecule has 1 saturated heterocycles. The second kappa shape index (κ2) is 8.19. The first-order chi connectivity index (χ1) is 15.2. The predicted molar refractivity (Wildman–Crippen MR) is 115 cm³/mol. The molecule has 1 N–H and O–H groups in total. The van der Waals surface area contributed by atoms with Gasteiger partial charge in [0, 0.05) is 43.3 Å². The molecular formula is C22H23N7O2. The maximum absolute atomic E-state index is 13.0. The Morgan fingerprint density at radius 1 is 1.06 bits per heavy atom.